The Morgan fingerprint density at radius 1 is 1.33 bits per heavy atom. The molecular weight excluding hydrogens is 190 g/mol. The van der Waals surface area contributed by atoms with Gasteiger partial charge in [-0.2, -0.15) is 0 Å². The first-order valence-electron chi connectivity index (χ1n) is 5.45. The van der Waals surface area contributed by atoms with Crippen LogP contribution in [0.2, 0.25) is 0 Å². The Morgan fingerprint density at radius 2 is 2.07 bits per heavy atom. The van der Waals surface area contributed by atoms with Gasteiger partial charge in [-0.25, -0.2) is 4.79 Å². The van der Waals surface area contributed by atoms with E-state index in [1.54, 1.807) is 13.0 Å². The van der Waals surface area contributed by atoms with Crippen molar-refractivity contribution < 1.29 is 9.53 Å². The van der Waals surface area contributed by atoms with Gasteiger partial charge in [-0.05, 0) is 32.0 Å². The van der Waals surface area contributed by atoms with Crippen LogP contribution in [-0.2, 0) is 9.53 Å². The fourth-order valence-electron chi connectivity index (χ4n) is 0.950. The minimum absolute atomic E-state index is 0.293. The molecule has 1 N–H and O–H groups in total. The highest BCUT2D eigenvalue weighted by Gasteiger charge is 1.92. The summed E-state index contributed by atoms with van der Waals surface area (Å²) in [6.07, 6.45) is 7.43. The summed E-state index contributed by atoms with van der Waals surface area (Å²) in [4.78, 5) is 11.0. The first-order valence-corrected chi connectivity index (χ1v) is 5.45. The number of carbonyl (C=O) groups is 1. The van der Waals surface area contributed by atoms with Crippen molar-refractivity contribution in [2.75, 3.05) is 13.2 Å². The molecule has 0 fully saturated rings. The van der Waals surface area contributed by atoms with Gasteiger partial charge in [0.2, 0.25) is 0 Å². The summed E-state index contributed by atoms with van der Waals surface area (Å²) in [5, 5.41) is 3.18. The third-order valence-electron chi connectivity index (χ3n) is 1.77. The van der Waals surface area contributed by atoms with Crippen molar-refractivity contribution in [3.8, 4) is 0 Å². The summed E-state index contributed by atoms with van der Waals surface area (Å²) >= 11 is 0. The van der Waals surface area contributed by atoms with Gasteiger partial charge < -0.3 is 10.1 Å². The van der Waals surface area contributed by atoms with E-state index in [1.165, 1.54) is 12.5 Å². The number of unbranched alkanes of at least 4 members (excludes halogenated alkanes) is 1. The lowest BCUT2D eigenvalue weighted by Gasteiger charge is -1.99. The highest BCUT2D eigenvalue weighted by atomic mass is 16.5. The Kier molecular flexibility index (Phi) is 8.53. The van der Waals surface area contributed by atoms with E-state index < -0.39 is 0 Å². The average molecular weight is 211 g/mol. The van der Waals surface area contributed by atoms with Crippen molar-refractivity contribution >= 4 is 5.97 Å². The molecular formula is C12H21NO2. The van der Waals surface area contributed by atoms with E-state index in [0.717, 1.165) is 18.5 Å². The van der Waals surface area contributed by atoms with Crippen molar-refractivity contribution in [1.29, 1.82) is 0 Å². The molecule has 0 radical (unpaired) electrons. The molecule has 0 saturated carbocycles. The number of esters is 1. The van der Waals surface area contributed by atoms with Crippen molar-refractivity contribution in [2.24, 2.45) is 0 Å². The monoisotopic (exact) mass is 211 g/mol. The fraction of sp³-hybridized carbons (Fsp3) is 0.583. The summed E-state index contributed by atoms with van der Waals surface area (Å²) in [5.41, 5.74) is 1.01. The van der Waals surface area contributed by atoms with Crippen molar-refractivity contribution in [2.45, 2.75) is 33.6 Å². The zero-order valence-electron chi connectivity index (χ0n) is 9.88. The number of carbonyl (C=O) groups excluding carboxylic acids is 1. The molecule has 0 aromatic rings. The van der Waals surface area contributed by atoms with Crippen LogP contribution < -0.4 is 5.32 Å². The van der Waals surface area contributed by atoms with E-state index in [-0.39, 0.29) is 5.97 Å². The van der Waals surface area contributed by atoms with Gasteiger partial charge in [0.15, 0.2) is 0 Å². The van der Waals surface area contributed by atoms with Gasteiger partial charge >= 0.3 is 5.97 Å². The number of ether oxygens (including phenoxy) is 1. The molecule has 0 aliphatic carbocycles. The van der Waals surface area contributed by atoms with Gasteiger partial charge in [-0.3, -0.25) is 0 Å². The lowest BCUT2D eigenvalue weighted by Crippen LogP contribution is -2.06. The average Bonchev–Trinajstić information content (AvgIpc) is 2.22. The van der Waals surface area contributed by atoms with Crippen LogP contribution in [0.3, 0.4) is 0 Å². The molecule has 0 aromatic heterocycles. The Bertz CT molecular complexity index is 232. The Hall–Kier alpha value is -1.25. The fourth-order valence-corrected chi connectivity index (χ4v) is 0.950. The van der Waals surface area contributed by atoms with Crippen LogP contribution in [0.5, 0.6) is 0 Å². The quantitative estimate of drug-likeness (QED) is 0.304. The number of rotatable bonds is 7. The molecule has 0 heterocycles. The smallest absolute Gasteiger partial charge is 0.330 e. The van der Waals surface area contributed by atoms with Crippen LogP contribution in [0.15, 0.2) is 23.9 Å². The molecule has 0 aliphatic rings. The minimum atomic E-state index is -0.293. The van der Waals surface area contributed by atoms with E-state index in [9.17, 15) is 4.79 Å². The number of allylic oxidation sites excluding steroid dienone is 2. The second-order valence-corrected chi connectivity index (χ2v) is 3.28. The Morgan fingerprint density at radius 3 is 2.67 bits per heavy atom. The molecule has 0 aliphatic heterocycles. The van der Waals surface area contributed by atoms with Crippen LogP contribution in [0, 0.1) is 0 Å². The van der Waals surface area contributed by atoms with Crippen LogP contribution in [0.25, 0.3) is 0 Å². The molecule has 3 heteroatoms. The summed E-state index contributed by atoms with van der Waals surface area (Å²) in [6, 6.07) is 0. The normalized spacial score (nSPS) is 11.8. The molecule has 0 saturated heterocycles. The zero-order chi connectivity index (χ0) is 11.5. The van der Waals surface area contributed by atoms with Crippen molar-refractivity contribution in [1.82, 2.24) is 5.32 Å². The summed E-state index contributed by atoms with van der Waals surface area (Å²) in [5.74, 6) is -0.293. The summed E-state index contributed by atoms with van der Waals surface area (Å²) in [7, 11) is 0. The topological polar surface area (TPSA) is 38.3 Å². The molecule has 0 rings (SSSR count). The third-order valence-corrected chi connectivity index (χ3v) is 1.77. The third kappa shape index (κ3) is 9.06. The molecule has 15 heavy (non-hydrogen) atoms. The van der Waals surface area contributed by atoms with E-state index in [4.69, 9.17) is 4.74 Å². The van der Waals surface area contributed by atoms with Crippen LogP contribution in [-0.4, -0.2) is 19.1 Å². The molecule has 0 atom stereocenters. The molecule has 0 spiro atoms. The maximum Gasteiger partial charge on any atom is 0.330 e. The van der Waals surface area contributed by atoms with Crippen LogP contribution in [0.4, 0.5) is 0 Å². The lowest BCUT2D eigenvalue weighted by atomic mass is 10.3. The van der Waals surface area contributed by atoms with Gasteiger partial charge in [-0.1, -0.05) is 19.4 Å². The predicted octanol–water partition coefficient (Wildman–Crippen LogP) is 2.40. The number of hydrogen-bond donors (Lipinski definition) is 1. The highest BCUT2D eigenvalue weighted by Crippen LogP contribution is 1.94. The van der Waals surface area contributed by atoms with Gasteiger partial charge in [-0.15, -0.1) is 0 Å². The highest BCUT2D eigenvalue weighted by molar-refractivity contribution is 5.82. The second-order valence-electron chi connectivity index (χ2n) is 3.28. The maximum atomic E-state index is 11.0. The molecule has 0 unspecified atom stereocenters. The van der Waals surface area contributed by atoms with Crippen LogP contribution >= 0.6 is 0 Å². The first-order chi connectivity index (χ1) is 7.20. The van der Waals surface area contributed by atoms with Gasteiger partial charge in [0, 0.05) is 12.6 Å². The summed E-state index contributed by atoms with van der Waals surface area (Å²) < 4.78 is 4.76. The van der Waals surface area contributed by atoms with E-state index in [0.29, 0.717) is 6.61 Å². The minimum Gasteiger partial charge on any atom is -0.463 e. The van der Waals surface area contributed by atoms with Gasteiger partial charge in [0.25, 0.3) is 0 Å². The van der Waals surface area contributed by atoms with Crippen LogP contribution in [0.1, 0.15) is 33.6 Å². The first kappa shape index (κ1) is 13.8. The molecule has 3 nitrogen and oxygen atoms in total. The molecule has 0 amide bonds. The van der Waals surface area contributed by atoms with E-state index in [2.05, 4.69) is 12.2 Å². The number of hydrogen-bond acceptors (Lipinski definition) is 3. The Labute approximate surface area is 92.2 Å². The molecule has 86 valence electrons. The lowest BCUT2D eigenvalue weighted by molar-refractivity contribution is -0.137. The maximum absolute atomic E-state index is 11.0. The predicted molar refractivity (Wildman–Crippen MR) is 62.4 cm³/mol. The second kappa shape index (κ2) is 9.31. The van der Waals surface area contributed by atoms with Gasteiger partial charge in [0.1, 0.15) is 0 Å². The zero-order valence-corrected chi connectivity index (χ0v) is 9.88. The molecule has 0 bridgehead atoms. The molecule has 0 aromatic carbocycles. The van der Waals surface area contributed by atoms with Gasteiger partial charge in [0.05, 0.1) is 6.61 Å². The number of nitrogens with one attached hydrogen (secondary N) is 1. The van der Waals surface area contributed by atoms with Crippen molar-refractivity contribution in [3.63, 3.8) is 0 Å². The largest absolute Gasteiger partial charge is 0.463 e. The Balaban J connectivity index is 3.79. The standard InChI is InChI=1S/C12H21NO2/c1-4-6-9-13-10-11(3)7-8-12(14)15-5-2/h7-8,10,13H,4-6,9H2,1-3H3/b8-7+,11-10+. The SMILES string of the molecule is CCCCN/C=C(C)/C=C/C(=O)OCC. The summed E-state index contributed by atoms with van der Waals surface area (Å²) in [6.45, 7) is 7.27. The van der Waals surface area contributed by atoms with E-state index in [1.807, 2.05) is 13.1 Å². The van der Waals surface area contributed by atoms with E-state index >= 15 is 0 Å². The van der Waals surface area contributed by atoms with Crippen molar-refractivity contribution in [3.05, 3.63) is 23.9 Å².